The van der Waals surface area contributed by atoms with Crippen LogP contribution in [0.3, 0.4) is 0 Å². The number of hydrogen-bond acceptors (Lipinski definition) is 4. The molecule has 2 aromatic rings. The lowest BCUT2D eigenvalue weighted by Gasteiger charge is -2.02. The molecule has 0 saturated carbocycles. The molecule has 18 heavy (non-hydrogen) atoms. The SMILES string of the molecule is CC(C)Cc1nn(-c2ccncn2)c(Cl)c1CO. The molecule has 0 aliphatic rings. The molecule has 1 N–H and O–H groups in total. The molecule has 0 unspecified atom stereocenters. The Morgan fingerprint density at radius 3 is 2.78 bits per heavy atom. The van der Waals surface area contributed by atoms with Crippen molar-refractivity contribution >= 4 is 11.6 Å². The van der Waals surface area contributed by atoms with Crippen molar-refractivity contribution < 1.29 is 5.11 Å². The van der Waals surface area contributed by atoms with Crippen molar-refractivity contribution in [3.05, 3.63) is 35.0 Å². The van der Waals surface area contributed by atoms with Gasteiger partial charge in [0.05, 0.1) is 12.3 Å². The highest BCUT2D eigenvalue weighted by atomic mass is 35.5. The van der Waals surface area contributed by atoms with Crippen molar-refractivity contribution in [3.8, 4) is 5.82 Å². The zero-order chi connectivity index (χ0) is 13.1. The monoisotopic (exact) mass is 266 g/mol. The first-order chi connectivity index (χ1) is 8.63. The highest BCUT2D eigenvalue weighted by Crippen LogP contribution is 2.24. The molecule has 2 rings (SSSR count). The van der Waals surface area contributed by atoms with Crippen molar-refractivity contribution in [2.75, 3.05) is 0 Å². The maximum atomic E-state index is 9.40. The van der Waals surface area contributed by atoms with E-state index < -0.39 is 0 Å². The Morgan fingerprint density at radius 1 is 1.44 bits per heavy atom. The van der Waals surface area contributed by atoms with Gasteiger partial charge in [0.15, 0.2) is 5.82 Å². The van der Waals surface area contributed by atoms with Crippen molar-refractivity contribution in [1.29, 1.82) is 0 Å². The van der Waals surface area contributed by atoms with Gasteiger partial charge in [-0.25, -0.2) is 14.6 Å². The van der Waals surface area contributed by atoms with Gasteiger partial charge in [-0.05, 0) is 12.3 Å². The molecular weight excluding hydrogens is 252 g/mol. The number of aliphatic hydroxyl groups is 1. The third kappa shape index (κ3) is 2.52. The first kappa shape index (κ1) is 13.0. The van der Waals surface area contributed by atoms with Crippen LogP contribution in [0.2, 0.25) is 5.15 Å². The fourth-order valence-electron chi connectivity index (χ4n) is 1.74. The van der Waals surface area contributed by atoms with Crippen molar-refractivity contribution in [3.63, 3.8) is 0 Å². The average Bonchev–Trinajstić information content (AvgIpc) is 2.66. The lowest BCUT2D eigenvalue weighted by Crippen LogP contribution is -2.01. The molecule has 0 bridgehead atoms. The summed E-state index contributed by atoms with van der Waals surface area (Å²) in [5, 5.41) is 14.2. The zero-order valence-corrected chi connectivity index (χ0v) is 11.1. The minimum Gasteiger partial charge on any atom is -0.391 e. The summed E-state index contributed by atoms with van der Waals surface area (Å²) in [6, 6.07) is 1.72. The number of hydrogen-bond donors (Lipinski definition) is 1. The Bertz CT molecular complexity index is 524. The van der Waals surface area contributed by atoms with Crippen LogP contribution in [-0.2, 0) is 13.0 Å². The summed E-state index contributed by atoms with van der Waals surface area (Å²) < 4.78 is 1.53. The van der Waals surface area contributed by atoms with Crippen molar-refractivity contribution in [2.45, 2.75) is 26.9 Å². The van der Waals surface area contributed by atoms with Crippen molar-refractivity contribution in [1.82, 2.24) is 19.7 Å². The van der Waals surface area contributed by atoms with Crippen LogP contribution in [0.1, 0.15) is 25.1 Å². The molecule has 6 heteroatoms. The molecule has 0 radical (unpaired) electrons. The summed E-state index contributed by atoms with van der Waals surface area (Å²) in [6.45, 7) is 4.07. The maximum Gasteiger partial charge on any atom is 0.158 e. The van der Waals surface area contributed by atoms with Gasteiger partial charge in [-0.2, -0.15) is 5.10 Å². The van der Waals surface area contributed by atoms with Gasteiger partial charge < -0.3 is 5.11 Å². The van der Waals surface area contributed by atoms with E-state index in [-0.39, 0.29) is 6.61 Å². The fourth-order valence-corrected chi connectivity index (χ4v) is 2.03. The molecule has 0 aliphatic carbocycles. The van der Waals surface area contributed by atoms with Gasteiger partial charge in [0.25, 0.3) is 0 Å². The van der Waals surface area contributed by atoms with E-state index in [1.165, 1.54) is 11.0 Å². The number of aliphatic hydroxyl groups excluding tert-OH is 1. The van der Waals surface area contributed by atoms with E-state index >= 15 is 0 Å². The second-order valence-corrected chi connectivity index (χ2v) is 4.81. The Morgan fingerprint density at radius 2 is 2.22 bits per heavy atom. The predicted octanol–water partition coefficient (Wildman–Crippen LogP) is 2.01. The average molecular weight is 267 g/mol. The van der Waals surface area contributed by atoms with Crippen LogP contribution in [0.15, 0.2) is 18.6 Å². The van der Waals surface area contributed by atoms with E-state index in [9.17, 15) is 5.11 Å². The smallest absolute Gasteiger partial charge is 0.158 e. The minimum absolute atomic E-state index is 0.119. The molecule has 96 valence electrons. The molecule has 0 atom stereocenters. The summed E-state index contributed by atoms with van der Waals surface area (Å²) >= 11 is 6.23. The molecule has 2 heterocycles. The molecule has 0 saturated heterocycles. The third-order valence-electron chi connectivity index (χ3n) is 2.55. The van der Waals surface area contributed by atoms with Gasteiger partial charge in [-0.3, -0.25) is 0 Å². The quantitative estimate of drug-likeness (QED) is 0.919. The maximum absolute atomic E-state index is 9.40. The highest BCUT2D eigenvalue weighted by molar-refractivity contribution is 6.30. The Labute approximate surface area is 110 Å². The number of halogens is 1. The van der Waals surface area contributed by atoms with E-state index in [0.29, 0.717) is 22.5 Å². The Hall–Kier alpha value is -1.46. The highest BCUT2D eigenvalue weighted by Gasteiger charge is 2.17. The molecule has 0 amide bonds. The van der Waals surface area contributed by atoms with E-state index in [1.807, 2.05) is 0 Å². The lowest BCUT2D eigenvalue weighted by molar-refractivity contribution is 0.280. The van der Waals surface area contributed by atoms with E-state index in [1.54, 1.807) is 12.3 Å². The van der Waals surface area contributed by atoms with E-state index in [0.717, 1.165) is 12.1 Å². The van der Waals surface area contributed by atoms with Crippen LogP contribution >= 0.6 is 11.6 Å². The molecule has 0 fully saturated rings. The first-order valence-corrected chi connectivity index (χ1v) is 6.14. The van der Waals surface area contributed by atoms with Gasteiger partial charge in [0, 0.05) is 17.8 Å². The van der Waals surface area contributed by atoms with Crippen LogP contribution in [0, 0.1) is 5.92 Å². The molecular formula is C12H15ClN4O. The summed E-state index contributed by atoms with van der Waals surface area (Å²) in [7, 11) is 0. The minimum atomic E-state index is -0.119. The second-order valence-electron chi connectivity index (χ2n) is 4.45. The summed E-state index contributed by atoms with van der Waals surface area (Å²) in [5.74, 6) is 1.04. The van der Waals surface area contributed by atoms with Crippen LogP contribution in [0.25, 0.3) is 5.82 Å². The topological polar surface area (TPSA) is 63.8 Å². The largest absolute Gasteiger partial charge is 0.391 e. The van der Waals surface area contributed by atoms with Crippen molar-refractivity contribution in [2.24, 2.45) is 5.92 Å². The number of nitrogens with zero attached hydrogens (tertiary/aromatic N) is 4. The van der Waals surface area contributed by atoms with Crippen LogP contribution in [-0.4, -0.2) is 24.9 Å². The molecule has 5 nitrogen and oxygen atoms in total. The Kier molecular flexibility index (Phi) is 3.93. The number of rotatable bonds is 4. The molecule has 0 aliphatic heterocycles. The van der Waals surface area contributed by atoms with E-state index in [4.69, 9.17) is 11.6 Å². The lowest BCUT2D eigenvalue weighted by atomic mass is 10.1. The van der Waals surface area contributed by atoms with Crippen LogP contribution in [0.4, 0.5) is 0 Å². The Balaban J connectivity index is 2.47. The normalized spacial score (nSPS) is 11.2. The molecule has 0 spiro atoms. The predicted molar refractivity (Wildman–Crippen MR) is 68.6 cm³/mol. The molecule has 2 aromatic heterocycles. The summed E-state index contributed by atoms with van der Waals surface area (Å²) in [5.41, 5.74) is 1.49. The fraction of sp³-hybridized carbons (Fsp3) is 0.417. The third-order valence-corrected chi connectivity index (χ3v) is 2.94. The standard InChI is InChI=1S/C12H15ClN4O/c1-8(2)5-10-9(6-18)12(13)17(16-10)11-3-4-14-7-15-11/h3-4,7-8,18H,5-6H2,1-2H3. The van der Waals surface area contributed by atoms with Gasteiger partial charge >= 0.3 is 0 Å². The summed E-state index contributed by atoms with van der Waals surface area (Å²) in [4.78, 5) is 7.95. The second kappa shape index (κ2) is 5.46. The summed E-state index contributed by atoms with van der Waals surface area (Å²) in [6.07, 6.45) is 3.84. The van der Waals surface area contributed by atoms with Crippen LogP contribution in [0.5, 0.6) is 0 Å². The van der Waals surface area contributed by atoms with Crippen LogP contribution < -0.4 is 0 Å². The first-order valence-electron chi connectivity index (χ1n) is 5.77. The van der Waals surface area contributed by atoms with Gasteiger partial charge in [0.2, 0.25) is 0 Å². The van der Waals surface area contributed by atoms with Gasteiger partial charge in [0.1, 0.15) is 11.5 Å². The number of aromatic nitrogens is 4. The van der Waals surface area contributed by atoms with E-state index in [2.05, 4.69) is 28.9 Å². The van der Waals surface area contributed by atoms with Gasteiger partial charge in [-0.15, -0.1) is 0 Å². The zero-order valence-electron chi connectivity index (χ0n) is 10.3. The molecule has 0 aromatic carbocycles. The van der Waals surface area contributed by atoms with Gasteiger partial charge in [-0.1, -0.05) is 25.4 Å².